The predicted molar refractivity (Wildman–Crippen MR) is 124 cm³/mol. The largest absolute Gasteiger partial charge is 0.444 e. The molecule has 1 aliphatic carbocycles. The number of aliphatic imine (C=N–C) groups is 1. The molecule has 1 aromatic heterocycles. The van der Waals surface area contributed by atoms with Gasteiger partial charge in [0.25, 0.3) is 0 Å². The normalized spacial score (nSPS) is 18.1. The molecule has 1 saturated carbocycles. The predicted octanol–water partition coefficient (Wildman–Crippen LogP) is 3.62. The Hall–Kier alpha value is -2.31. The van der Waals surface area contributed by atoms with Crippen LogP contribution in [-0.4, -0.2) is 71.7 Å². The van der Waals surface area contributed by atoms with Crippen molar-refractivity contribution in [3.63, 3.8) is 0 Å². The molecule has 0 spiro atoms. The van der Waals surface area contributed by atoms with E-state index in [1.54, 1.807) is 0 Å². The lowest BCUT2D eigenvalue weighted by molar-refractivity contribution is 0.00928. The second-order valence-electron chi connectivity index (χ2n) is 9.83. The maximum atomic E-state index is 12.8. The molecule has 7 heteroatoms. The molecule has 1 N–H and O–H groups in total. The lowest BCUT2D eigenvalue weighted by atomic mass is 10.0. The Morgan fingerprint density at radius 1 is 1.26 bits per heavy atom. The SMILES string of the molecule is CN=C(NCCc1ccc(C)nc1)N1CCC(N(CC2CC2)C(=O)OC(C)(C)C)CC1. The molecule has 0 unspecified atom stereocenters. The molecule has 0 atom stereocenters. The maximum absolute atomic E-state index is 12.8. The van der Waals surface area contributed by atoms with Crippen LogP contribution in [0.2, 0.25) is 0 Å². The Balaban J connectivity index is 1.49. The number of nitrogens with one attached hydrogen (secondary N) is 1. The first-order valence-corrected chi connectivity index (χ1v) is 11.6. The Morgan fingerprint density at radius 3 is 2.52 bits per heavy atom. The zero-order chi connectivity index (χ0) is 22.4. The van der Waals surface area contributed by atoms with Crippen molar-refractivity contribution in [3.05, 3.63) is 29.6 Å². The summed E-state index contributed by atoms with van der Waals surface area (Å²) in [6.07, 6.45) is 7.03. The van der Waals surface area contributed by atoms with Crippen molar-refractivity contribution in [2.75, 3.05) is 33.2 Å². The van der Waals surface area contributed by atoms with Gasteiger partial charge >= 0.3 is 6.09 Å². The van der Waals surface area contributed by atoms with E-state index in [1.165, 1.54) is 18.4 Å². The minimum Gasteiger partial charge on any atom is -0.444 e. The first-order chi connectivity index (χ1) is 14.7. The summed E-state index contributed by atoms with van der Waals surface area (Å²) < 4.78 is 5.71. The number of likely N-dealkylation sites (tertiary alicyclic amines) is 1. The fourth-order valence-electron chi connectivity index (χ4n) is 3.96. The fraction of sp³-hybridized carbons (Fsp3) is 0.708. The van der Waals surface area contributed by atoms with Crippen LogP contribution in [-0.2, 0) is 11.2 Å². The average molecular weight is 430 g/mol. The monoisotopic (exact) mass is 429 g/mol. The van der Waals surface area contributed by atoms with Gasteiger partial charge in [0.1, 0.15) is 5.60 Å². The van der Waals surface area contributed by atoms with Crippen molar-refractivity contribution in [2.24, 2.45) is 10.9 Å². The molecule has 2 aliphatic rings. The van der Waals surface area contributed by atoms with Gasteiger partial charge in [0.15, 0.2) is 5.96 Å². The van der Waals surface area contributed by atoms with E-state index >= 15 is 0 Å². The van der Waals surface area contributed by atoms with Gasteiger partial charge in [0.05, 0.1) is 0 Å². The number of aromatic nitrogens is 1. The zero-order valence-corrected chi connectivity index (χ0v) is 19.9. The van der Waals surface area contributed by atoms with E-state index in [0.29, 0.717) is 5.92 Å². The molecule has 172 valence electrons. The van der Waals surface area contributed by atoms with E-state index in [9.17, 15) is 4.79 Å². The molecule has 2 heterocycles. The molecule has 2 fully saturated rings. The third kappa shape index (κ3) is 7.40. The smallest absolute Gasteiger partial charge is 0.410 e. The highest BCUT2D eigenvalue weighted by Crippen LogP contribution is 2.32. The molecule has 0 aromatic carbocycles. The third-order valence-electron chi connectivity index (χ3n) is 5.87. The highest BCUT2D eigenvalue weighted by atomic mass is 16.6. The number of rotatable bonds is 6. The number of ether oxygens (including phenoxy) is 1. The van der Waals surface area contributed by atoms with Gasteiger partial charge in [0, 0.05) is 51.2 Å². The molecule has 3 rings (SSSR count). The van der Waals surface area contributed by atoms with E-state index in [2.05, 4.69) is 26.3 Å². The Morgan fingerprint density at radius 2 is 1.97 bits per heavy atom. The lowest BCUT2D eigenvalue weighted by Gasteiger charge is -2.40. The standard InChI is InChI=1S/C24H39N5O2/c1-18-6-7-19(16-27-18)10-13-26-22(25-5)28-14-11-21(12-15-28)29(17-20-8-9-20)23(30)31-24(2,3)4/h6-7,16,20-21H,8-15,17H2,1-5H3,(H,25,26). The minimum atomic E-state index is -0.460. The third-order valence-corrected chi connectivity index (χ3v) is 5.87. The van der Waals surface area contributed by atoms with Gasteiger partial charge in [-0.05, 0) is 77.3 Å². The Labute approximate surface area is 187 Å². The van der Waals surface area contributed by atoms with E-state index in [4.69, 9.17) is 4.74 Å². The summed E-state index contributed by atoms with van der Waals surface area (Å²) in [4.78, 5) is 26.0. The first kappa shape index (κ1) is 23.4. The Kier molecular flexibility index (Phi) is 7.79. The number of guanidine groups is 1. The van der Waals surface area contributed by atoms with E-state index in [-0.39, 0.29) is 12.1 Å². The molecule has 7 nitrogen and oxygen atoms in total. The summed E-state index contributed by atoms with van der Waals surface area (Å²) in [5, 5.41) is 3.49. The van der Waals surface area contributed by atoms with E-state index in [0.717, 1.165) is 57.1 Å². The van der Waals surface area contributed by atoms with Gasteiger partial charge in [-0.15, -0.1) is 0 Å². The van der Waals surface area contributed by atoms with Crippen molar-refractivity contribution in [1.29, 1.82) is 0 Å². The first-order valence-electron chi connectivity index (χ1n) is 11.6. The fourth-order valence-corrected chi connectivity index (χ4v) is 3.96. The summed E-state index contributed by atoms with van der Waals surface area (Å²) in [5.74, 6) is 1.58. The van der Waals surface area contributed by atoms with Gasteiger partial charge in [-0.2, -0.15) is 0 Å². The molecule has 1 saturated heterocycles. The van der Waals surface area contributed by atoms with Gasteiger partial charge in [0.2, 0.25) is 0 Å². The van der Waals surface area contributed by atoms with Gasteiger partial charge in [-0.1, -0.05) is 6.07 Å². The van der Waals surface area contributed by atoms with Crippen molar-refractivity contribution in [1.82, 2.24) is 20.1 Å². The van der Waals surface area contributed by atoms with Crippen LogP contribution >= 0.6 is 0 Å². The number of hydrogen-bond acceptors (Lipinski definition) is 4. The number of pyridine rings is 1. The van der Waals surface area contributed by atoms with Gasteiger partial charge in [-0.25, -0.2) is 4.79 Å². The molecule has 1 aromatic rings. The molecule has 0 bridgehead atoms. The summed E-state index contributed by atoms with van der Waals surface area (Å²) in [6, 6.07) is 4.42. The quantitative estimate of drug-likeness (QED) is 0.552. The van der Waals surface area contributed by atoms with Crippen LogP contribution in [0.15, 0.2) is 23.3 Å². The minimum absolute atomic E-state index is 0.160. The number of aryl methyl sites for hydroxylation is 1. The van der Waals surface area contributed by atoms with Crippen LogP contribution < -0.4 is 5.32 Å². The number of amides is 1. The molecular weight excluding hydrogens is 390 g/mol. The maximum Gasteiger partial charge on any atom is 0.410 e. The van der Waals surface area contributed by atoms with Crippen LogP contribution in [0.1, 0.15) is 57.7 Å². The number of piperidine rings is 1. The second-order valence-corrected chi connectivity index (χ2v) is 9.83. The van der Waals surface area contributed by atoms with Crippen molar-refractivity contribution < 1.29 is 9.53 Å². The van der Waals surface area contributed by atoms with Crippen molar-refractivity contribution in [3.8, 4) is 0 Å². The molecule has 0 radical (unpaired) electrons. The van der Waals surface area contributed by atoms with Gasteiger partial charge < -0.3 is 19.9 Å². The van der Waals surface area contributed by atoms with Crippen molar-refractivity contribution in [2.45, 2.75) is 71.4 Å². The number of nitrogens with zero attached hydrogens (tertiary/aromatic N) is 4. The molecule has 1 amide bonds. The number of carbonyl (C=O) groups excluding carboxylic acids is 1. The van der Waals surface area contributed by atoms with E-state index in [1.807, 2.05) is 51.9 Å². The van der Waals surface area contributed by atoms with Gasteiger partial charge in [-0.3, -0.25) is 9.98 Å². The van der Waals surface area contributed by atoms with Crippen LogP contribution in [0.3, 0.4) is 0 Å². The van der Waals surface area contributed by atoms with Crippen molar-refractivity contribution >= 4 is 12.1 Å². The number of carbonyl (C=O) groups is 1. The lowest BCUT2D eigenvalue weighted by Crippen LogP contribution is -2.52. The highest BCUT2D eigenvalue weighted by molar-refractivity contribution is 5.80. The molecule has 31 heavy (non-hydrogen) atoms. The molecular formula is C24H39N5O2. The Bertz CT molecular complexity index is 744. The van der Waals surface area contributed by atoms with Crippen LogP contribution in [0, 0.1) is 12.8 Å². The van der Waals surface area contributed by atoms with Crippen LogP contribution in [0.4, 0.5) is 4.79 Å². The molecule has 1 aliphatic heterocycles. The summed E-state index contributed by atoms with van der Waals surface area (Å²) in [7, 11) is 1.84. The summed E-state index contributed by atoms with van der Waals surface area (Å²) in [5.41, 5.74) is 1.80. The van der Waals surface area contributed by atoms with Crippen LogP contribution in [0.5, 0.6) is 0 Å². The summed E-state index contributed by atoms with van der Waals surface area (Å²) in [6.45, 7) is 11.2. The van der Waals surface area contributed by atoms with E-state index < -0.39 is 5.60 Å². The zero-order valence-electron chi connectivity index (χ0n) is 19.9. The number of hydrogen-bond donors (Lipinski definition) is 1. The second kappa shape index (κ2) is 10.3. The topological polar surface area (TPSA) is 70.1 Å². The highest BCUT2D eigenvalue weighted by Gasteiger charge is 2.35. The summed E-state index contributed by atoms with van der Waals surface area (Å²) >= 11 is 0. The van der Waals surface area contributed by atoms with Crippen LogP contribution in [0.25, 0.3) is 0 Å². The average Bonchev–Trinajstić information content (AvgIpc) is 3.54.